The van der Waals surface area contributed by atoms with Crippen LogP contribution in [0.1, 0.15) is 16.1 Å². The Hall–Kier alpha value is -1.93. The van der Waals surface area contributed by atoms with Gasteiger partial charge in [0.1, 0.15) is 0 Å². The predicted octanol–water partition coefficient (Wildman–Crippen LogP) is 2.49. The van der Waals surface area contributed by atoms with Gasteiger partial charge in [-0.1, -0.05) is 6.07 Å². The Morgan fingerprint density at radius 2 is 2.05 bits per heavy atom. The SMILES string of the molecule is Cc1ccc(S(C)(=O)=O)cc1NC(=O)NCc1scnc1C. The highest BCUT2D eigenvalue weighted by Gasteiger charge is 2.11. The summed E-state index contributed by atoms with van der Waals surface area (Å²) >= 11 is 1.47. The van der Waals surface area contributed by atoms with Crippen LogP contribution in [0.2, 0.25) is 0 Å². The van der Waals surface area contributed by atoms with E-state index >= 15 is 0 Å². The molecule has 1 heterocycles. The van der Waals surface area contributed by atoms with E-state index in [0.717, 1.165) is 22.4 Å². The minimum absolute atomic E-state index is 0.173. The van der Waals surface area contributed by atoms with Crippen molar-refractivity contribution in [2.75, 3.05) is 11.6 Å². The number of rotatable bonds is 4. The smallest absolute Gasteiger partial charge is 0.319 e. The molecular weight excluding hydrogens is 322 g/mol. The van der Waals surface area contributed by atoms with Gasteiger partial charge in [0.25, 0.3) is 0 Å². The standard InChI is InChI=1S/C14H17N3O3S2/c1-9-4-5-11(22(3,19)20)6-12(9)17-14(18)15-7-13-10(2)16-8-21-13/h4-6,8H,7H2,1-3H3,(H2,15,17,18). The van der Waals surface area contributed by atoms with Gasteiger partial charge in [-0.25, -0.2) is 18.2 Å². The average Bonchev–Trinajstić information content (AvgIpc) is 2.83. The largest absolute Gasteiger partial charge is 0.333 e. The molecule has 2 rings (SSSR count). The Kier molecular flexibility index (Phi) is 4.82. The maximum Gasteiger partial charge on any atom is 0.319 e. The van der Waals surface area contributed by atoms with Gasteiger partial charge in [0.05, 0.1) is 22.6 Å². The number of amides is 2. The zero-order valence-corrected chi connectivity index (χ0v) is 14.1. The van der Waals surface area contributed by atoms with Crippen LogP contribution in [0.25, 0.3) is 0 Å². The lowest BCUT2D eigenvalue weighted by molar-refractivity contribution is 0.252. The summed E-state index contributed by atoms with van der Waals surface area (Å²) in [6.07, 6.45) is 1.13. The van der Waals surface area contributed by atoms with Crippen molar-refractivity contribution in [3.05, 3.63) is 39.8 Å². The summed E-state index contributed by atoms with van der Waals surface area (Å²) in [5.41, 5.74) is 3.88. The van der Waals surface area contributed by atoms with E-state index in [4.69, 9.17) is 0 Å². The number of carbonyl (C=O) groups is 1. The minimum atomic E-state index is -3.31. The number of thiazole rings is 1. The van der Waals surface area contributed by atoms with Crippen LogP contribution < -0.4 is 10.6 Å². The summed E-state index contributed by atoms with van der Waals surface area (Å²) in [6, 6.07) is 4.26. The lowest BCUT2D eigenvalue weighted by atomic mass is 10.2. The zero-order chi connectivity index (χ0) is 16.3. The van der Waals surface area contributed by atoms with Crippen molar-refractivity contribution in [1.29, 1.82) is 0 Å². The number of benzene rings is 1. The summed E-state index contributed by atoms with van der Waals surface area (Å²) in [6.45, 7) is 4.06. The van der Waals surface area contributed by atoms with Crippen LogP contribution in [0.4, 0.5) is 10.5 Å². The second-order valence-corrected chi connectivity index (χ2v) is 7.87. The summed E-state index contributed by atoms with van der Waals surface area (Å²) in [4.78, 5) is 17.2. The molecule has 0 spiro atoms. The van der Waals surface area contributed by atoms with Crippen LogP contribution in [-0.2, 0) is 16.4 Å². The molecule has 0 saturated heterocycles. The zero-order valence-electron chi connectivity index (χ0n) is 12.5. The number of hydrogen-bond donors (Lipinski definition) is 2. The second-order valence-electron chi connectivity index (χ2n) is 4.92. The summed E-state index contributed by atoms with van der Waals surface area (Å²) in [5, 5.41) is 5.41. The molecule has 6 nitrogen and oxygen atoms in total. The lowest BCUT2D eigenvalue weighted by Gasteiger charge is -2.11. The van der Waals surface area contributed by atoms with Crippen LogP contribution in [0.3, 0.4) is 0 Å². The molecule has 22 heavy (non-hydrogen) atoms. The summed E-state index contributed by atoms with van der Waals surface area (Å²) < 4.78 is 23.1. The maximum atomic E-state index is 11.9. The van der Waals surface area contributed by atoms with E-state index in [2.05, 4.69) is 15.6 Å². The number of urea groups is 1. The first-order valence-corrected chi connectivity index (χ1v) is 9.29. The molecule has 1 aromatic carbocycles. The Balaban J connectivity index is 2.07. The third-order valence-corrected chi connectivity index (χ3v) is 5.19. The Labute approximate surface area is 133 Å². The molecule has 2 aromatic rings. The molecule has 0 atom stereocenters. The van der Waals surface area contributed by atoms with Crippen LogP contribution in [0.5, 0.6) is 0 Å². The van der Waals surface area contributed by atoms with Crippen LogP contribution in [0, 0.1) is 13.8 Å². The normalized spacial score (nSPS) is 11.2. The van der Waals surface area contributed by atoms with Crippen molar-refractivity contribution in [2.24, 2.45) is 0 Å². The fraction of sp³-hybridized carbons (Fsp3) is 0.286. The van der Waals surface area contributed by atoms with Gasteiger partial charge < -0.3 is 10.6 Å². The highest BCUT2D eigenvalue weighted by Crippen LogP contribution is 2.20. The first-order chi connectivity index (χ1) is 10.3. The number of sulfone groups is 1. The summed E-state index contributed by atoms with van der Waals surface area (Å²) in [7, 11) is -3.31. The quantitative estimate of drug-likeness (QED) is 0.896. The van der Waals surface area contributed by atoms with E-state index in [1.807, 2.05) is 6.92 Å². The average molecular weight is 339 g/mol. The molecule has 0 unspecified atom stereocenters. The Bertz CT molecular complexity index is 797. The number of aromatic nitrogens is 1. The van der Waals surface area contributed by atoms with Crippen molar-refractivity contribution in [3.63, 3.8) is 0 Å². The molecule has 0 bridgehead atoms. The minimum Gasteiger partial charge on any atom is -0.333 e. The Morgan fingerprint density at radius 3 is 2.64 bits per heavy atom. The monoisotopic (exact) mass is 339 g/mol. The molecule has 0 saturated carbocycles. The van der Waals surface area contributed by atoms with Crippen molar-refractivity contribution >= 4 is 32.9 Å². The number of anilines is 1. The van der Waals surface area contributed by atoms with Crippen molar-refractivity contribution in [2.45, 2.75) is 25.3 Å². The van der Waals surface area contributed by atoms with Gasteiger partial charge in [0.2, 0.25) is 0 Å². The molecule has 0 aliphatic heterocycles. The fourth-order valence-electron chi connectivity index (χ4n) is 1.79. The molecule has 0 radical (unpaired) electrons. The van der Waals surface area contributed by atoms with Gasteiger partial charge >= 0.3 is 6.03 Å². The van der Waals surface area contributed by atoms with Gasteiger partial charge in [-0.2, -0.15) is 0 Å². The first-order valence-electron chi connectivity index (χ1n) is 6.52. The molecule has 0 aliphatic carbocycles. The van der Waals surface area contributed by atoms with E-state index in [1.165, 1.54) is 23.5 Å². The number of hydrogen-bond acceptors (Lipinski definition) is 5. The molecule has 2 N–H and O–H groups in total. The number of aryl methyl sites for hydroxylation is 2. The molecule has 1 aromatic heterocycles. The van der Waals surface area contributed by atoms with Crippen LogP contribution >= 0.6 is 11.3 Å². The molecule has 0 aliphatic rings. The highest BCUT2D eigenvalue weighted by atomic mass is 32.2. The lowest BCUT2D eigenvalue weighted by Crippen LogP contribution is -2.28. The number of carbonyl (C=O) groups excluding carboxylic acids is 1. The maximum absolute atomic E-state index is 11.9. The summed E-state index contributed by atoms with van der Waals surface area (Å²) in [5.74, 6) is 0. The fourth-order valence-corrected chi connectivity index (χ4v) is 3.15. The Morgan fingerprint density at radius 1 is 1.32 bits per heavy atom. The second kappa shape index (κ2) is 6.45. The molecule has 2 amide bonds. The van der Waals surface area contributed by atoms with Gasteiger partial charge in [-0.15, -0.1) is 11.3 Å². The van der Waals surface area contributed by atoms with Crippen molar-refractivity contribution in [1.82, 2.24) is 10.3 Å². The van der Waals surface area contributed by atoms with E-state index in [1.54, 1.807) is 18.5 Å². The van der Waals surface area contributed by atoms with Gasteiger partial charge in [-0.3, -0.25) is 0 Å². The van der Waals surface area contributed by atoms with Gasteiger partial charge in [0.15, 0.2) is 9.84 Å². The molecule has 0 fully saturated rings. The van der Waals surface area contributed by atoms with Crippen LogP contribution in [0.15, 0.2) is 28.6 Å². The molecule has 118 valence electrons. The topological polar surface area (TPSA) is 88.2 Å². The van der Waals surface area contributed by atoms with Crippen LogP contribution in [-0.4, -0.2) is 25.7 Å². The van der Waals surface area contributed by atoms with E-state index in [9.17, 15) is 13.2 Å². The first kappa shape index (κ1) is 16.4. The highest BCUT2D eigenvalue weighted by molar-refractivity contribution is 7.90. The van der Waals surface area contributed by atoms with Crippen molar-refractivity contribution in [3.8, 4) is 0 Å². The van der Waals surface area contributed by atoms with E-state index in [0.29, 0.717) is 12.2 Å². The third kappa shape index (κ3) is 4.05. The molecule has 8 heteroatoms. The third-order valence-electron chi connectivity index (χ3n) is 3.14. The number of nitrogens with one attached hydrogen (secondary N) is 2. The molecular formula is C14H17N3O3S2. The number of nitrogens with zero attached hydrogens (tertiary/aromatic N) is 1. The van der Waals surface area contributed by atoms with Gasteiger partial charge in [-0.05, 0) is 31.5 Å². The van der Waals surface area contributed by atoms with E-state index in [-0.39, 0.29) is 10.9 Å². The predicted molar refractivity (Wildman–Crippen MR) is 87.0 cm³/mol. The van der Waals surface area contributed by atoms with Crippen molar-refractivity contribution < 1.29 is 13.2 Å². The van der Waals surface area contributed by atoms with E-state index < -0.39 is 9.84 Å². The van der Waals surface area contributed by atoms with Gasteiger partial charge in [0, 0.05) is 16.8 Å².